The van der Waals surface area contributed by atoms with Crippen molar-refractivity contribution in [2.45, 2.75) is 95.8 Å². The maximum Gasteiger partial charge on any atom is 0.573 e. The highest BCUT2D eigenvalue weighted by molar-refractivity contribution is 5.41. The third-order valence-electron chi connectivity index (χ3n) is 9.24. The minimum absolute atomic E-state index is 0.0321. The third-order valence-corrected chi connectivity index (χ3v) is 9.24. The summed E-state index contributed by atoms with van der Waals surface area (Å²) in [5, 5.41) is 0. The number of hydrogen-bond acceptors (Lipinski definition) is 1. The van der Waals surface area contributed by atoms with Gasteiger partial charge < -0.3 is 4.74 Å². The van der Waals surface area contributed by atoms with Crippen molar-refractivity contribution in [1.29, 1.82) is 0 Å². The SMILES string of the molecule is CCCc1cc(F)c(CCC2CCc3c(F)c(C4CCC(c5cc(F)c(OC(F)(F)F)c(F)c5)CC4)c(F)c(F)c3C2)c(F)c1. The summed E-state index contributed by atoms with van der Waals surface area (Å²) >= 11 is 0. The number of halogens is 10. The lowest BCUT2D eigenvalue weighted by molar-refractivity contribution is -0.276. The van der Waals surface area contributed by atoms with E-state index in [0.717, 1.165) is 18.6 Å². The highest BCUT2D eigenvalue weighted by Gasteiger charge is 2.37. The molecule has 5 rings (SSSR count). The number of benzene rings is 3. The molecule has 1 unspecified atom stereocenters. The molecule has 0 amide bonds. The normalized spacial score (nSPS) is 20.3. The van der Waals surface area contributed by atoms with Crippen molar-refractivity contribution < 1.29 is 48.6 Å². The van der Waals surface area contributed by atoms with Gasteiger partial charge >= 0.3 is 6.36 Å². The van der Waals surface area contributed by atoms with Crippen LogP contribution in [0.2, 0.25) is 0 Å². The smallest absolute Gasteiger partial charge is 0.399 e. The second-order valence-corrected chi connectivity index (χ2v) is 12.2. The van der Waals surface area contributed by atoms with Crippen LogP contribution in [0, 0.1) is 46.6 Å². The van der Waals surface area contributed by atoms with Gasteiger partial charge in [-0.2, -0.15) is 0 Å². The van der Waals surface area contributed by atoms with Gasteiger partial charge in [-0.3, -0.25) is 0 Å². The molecule has 2 aliphatic carbocycles. The number of ether oxygens (including phenoxy) is 1. The summed E-state index contributed by atoms with van der Waals surface area (Å²) < 4.78 is 145. The molecule has 11 heteroatoms. The van der Waals surface area contributed by atoms with E-state index in [2.05, 4.69) is 4.74 Å². The molecule has 1 nitrogen and oxygen atoms in total. The van der Waals surface area contributed by atoms with E-state index < -0.39 is 64.7 Å². The maximum absolute atomic E-state index is 15.8. The highest BCUT2D eigenvalue weighted by Crippen LogP contribution is 2.45. The number of hydrogen-bond donors (Lipinski definition) is 0. The van der Waals surface area contributed by atoms with E-state index >= 15 is 13.2 Å². The Kier molecular flexibility index (Phi) is 9.75. The van der Waals surface area contributed by atoms with Crippen molar-refractivity contribution in [2.75, 3.05) is 0 Å². The van der Waals surface area contributed by atoms with Gasteiger partial charge in [0.1, 0.15) is 17.5 Å². The van der Waals surface area contributed by atoms with Crippen LogP contribution in [0.4, 0.5) is 43.9 Å². The Morgan fingerprint density at radius 2 is 1.29 bits per heavy atom. The van der Waals surface area contributed by atoms with Gasteiger partial charge in [-0.15, -0.1) is 13.2 Å². The highest BCUT2D eigenvalue weighted by atomic mass is 19.4. The summed E-state index contributed by atoms with van der Waals surface area (Å²) in [5.74, 6) is -10.5. The summed E-state index contributed by atoms with van der Waals surface area (Å²) in [6.07, 6.45) is -2.23. The molecule has 0 saturated heterocycles. The van der Waals surface area contributed by atoms with Crippen LogP contribution in [0.25, 0.3) is 0 Å². The zero-order valence-electron chi connectivity index (χ0n) is 24.5. The van der Waals surface area contributed by atoms with Crippen LogP contribution in [0.15, 0.2) is 24.3 Å². The zero-order valence-corrected chi connectivity index (χ0v) is 24.5. The predicted molar refractivity (Wildman–Crippen MR) is 147 cm³/mol. The third kappa shape index (κ3) is 7.12. The van der Waals surface area contributed by atoms with Crippen LogP contribution < -0.4 is 4.74 Å². The molecule has 1 fully saturated rings. The molecule has 0 heterocycles. The fraction of sp³-hybridized carbons (Fsp3) is 0.471. The first-order valence-corrected chi connectivity index (χ1v) is 15.2. The summed E-state index contributed by atoms with van der Waals surface area (Å²) in [5.41, 5.74) is 0.263. The second-order valence-electron chi connectivity index (χ2n) is 12.2. The number of alkyl halides is 3. The molecule has 3 aromatic rings. The molecular weight excluding hydrogens is 614 g/mol. The van der Waals surface area contributed by atoms with Gasteiger partial charge in [0, 0.05) is 11.1 Å². The molecule has 45 heavy (non-hydrogen) atoms. The Bertz CT molecular complexity index is 1510. The van der Waals surface area contributed by atoms with Gasteiger partial charge in [-0.25, -0.2) is 30.7 Å². The lowest BCUT2D eigenvalue weighted by Gasteiger charge is -2.32. The topological polar surface area (TPSA) is 9.23 Å². The average Bonchev–Trinajstić information content (AvgIpc) is 2.97. The van der Waals surface area contributed by atoms with Gasteiger partial charge in [0.2, 0.25) is 5.75 Å². The standard InChI is InChI=1S/C34H32F10O/c1-2-3-18-13-25(35)23(26(36)14-18)11-5-17-4-10-22-24(12-17)31(40)32(41)29(30(22)39)20-8-6-19(7-9-20)21-15-27(37)33(28(38)16-21)45-34(42,43)44/h13-17,19-20H,2-12H2,1H3. The predicted octanol–water partition coefficient (Wildman–Crippen LogP) is 10.7. The van der Waals surface area contributed by atoms with Crippen LogP contribution in [-0.2, 0) is 25.7 Å². The van der Waals surface area contributed by atoms with E-state index in [0.29, 0.717) is 24.8 Å². The average molecular weight is 647 g/mol. The van der Waals surface area contributed by atoms with Crippen LogP contribution in [0.3, 0.4) is 0 Å². The lowest BCUT2D eigenvalue weighted by Crippen LogP contribution is -2.23. The van der Waals surface area contributed by atoms with E-state index in [9.17, 15) is 30.7 Å². The van der Waals surface area contributed by atoms with Crippen molar-refractivity contribution in [1.82, 2.24) is 0 Å². The molecule has 0 aromatic heterocycles. The largest absolute Gasteiger partial charge is 0.573 e. The van der Waals surface area contributed by atoms with Crippen molar-refractivity contribution in [3.63, 3.8) is 0 Å². The molecule has 0 N–H and O–H groups in total. The van der Waals surface area contributed by atoms with E-state index in [-0.39, 0.29) is 78.7 Å². The summed E-state index contributed by atoms with van der Waals surface area (Å²) in [6, 6.07) is 4.15. The molecule has 0 spiro atoms. The van der Waals surface area contributed by atoms with E-state index in [1.165, 1.54) is 12.1 Å². The molecule has 1 saturated carbocycles. The first-order chi connectivity index (χ1) is 21.3. The van der Waals surface area contributed by atoms with Crippen molar-refractivity contribution >= 4 is 0 Å². The second kappa shape index (κ2) is 13.2. The Morgan fingerprint density at radius 3 is 1.87 bits per heavy atom. The summed E-state index contributed by atoms with van der Waals surface area (Å²) in [6.45, 7) is 1.90. The van der Waals surface area contributed by atoms with E-state index in [1.54, 1.807) is 0 Å². The minimum Gasteiger partial charge on any atom is -0.399 e. The maximum atomic E-state index is 15.8. The number of aryl methyl sites for hydroxylation is 1. The zero-order chi connectivity index (χ0) is 32.6. The van der Waals surface area contributed by atoms with Crippen LogP contribution in [0.1, 0.15) is 97.1 Å². The fourth-order valence-corrected chi connectivity index (χ4v) is 7.01. The van der Waals surface area contributed by atoms with Crippen LogP contribution >= 0.6 is 0 Å². The van der Waals surface area contributed by atoms with Crippen molar-refractivity contribution in [3.05, 3.63) is 98.4 Å². The molecule has 2 aliphatic rings. The Hall–Kier alpha value is -3.24. The molecule has 0 aliphatic heterocycles. The van der Waals surface area contributed by atoms with E-state index in [1.807, 2.05) is 6.92 Å². The van der Waals surface area contributed by atoms with Gasteiger partial charge in [-0.05, 0) is 128 Å². The number of rotatable bonds is 8. The molecule has 0 radical (unpaired) electrons. The van der Waals surface area contributed by atoms with Gasteiger partial charge in [0.05, 0.1) is 0 Å². The molecule has 244 valence electrons. The van der Waals surface area contributed by atoms with Crippen LogP contribution in [0.5, 0.6) is 5.75 Å². The van der Waals surface area contributed by atoms with Gasteiger partial charge in [0.15, 0.2) is 23.3 Å². The van der Waals surface area contributed by atoms with Gasteiger partial charge in [-0.1, -0.05) is 13.3 Å². The first kappa shape index (κ1) is 33.1. The summed E-state index contributed by atoms with van der Waals surface area (Å²) in [7, 11) is 0. The molecule has 1 atom stereocenters. The first-order valence-electron chi connectivity index (χ1n) is 15.2. The Morgan fingerprint density at radius 1 is 0.689 bits per heavy atom. The minimum atomic E-state index is -5.28. The fourth-order valence-electron chi connectivity index (χ4n) is 7.01. The molecule has 0 bridgehead atoms. The quantitative estimate of drug-likeness (QED) is 0.175. The van der Waals surface area contributed by atoms with Gasteiger partial charge in [0.25, 0.3) is 0 Å². The molecule has 3 aromatic carbocycles. The van der Waals surface area contributed by atoms with Crippen LogP contribution in [-0.4, -0.2) is 6.36 Å². The number of fused-ring (bicyclic) bond motifs is 1. The Labute approximate surface area is 254 Å². The monoisotopic (exact) mass is 646 g/mol. The van der Waals surface area contributed by atoms with E-state index in [4.69, 9.17) is 0 Å². The van der Waals surface area contributed by atoms with Crippen molar-refractivity contribution in [2.24, 2.45) is 5.92 Å². The molecular formula is C34H32F10O. The Balaban J connectivity index is 1.27. The lowest BCUT2D eigenvalue weighted by atomic mass is 9.73. The summed E-state index contributed by atoms with van der Waals surface area (Å²) in [4.78, 5) is 0. The van der Waals surface area contributed by atoms with Crippen molar-refractivity contribution in [3.8, 4) is 5.75 Å².